The molecule has 1 aromatic rings. The zero-order chi connectivity index (χ0) is 15.4. The Morgan fingerprint density at radius 3 is 2.45 bits per heavy atom. The lowest BCUT2D eigenvalue weighted by Crippen LogP contribution is -2.32. The second-order valence-corrected chi connectivity index (χ2v) is 4.55. The average Bonchev–Trinajstić information content (AvgIpc) is 2.35. The Balaban J connectivity index is 3.21. The molecule has 3 nitrogen and oxygen atoms in total. The van der Waals surface area contributed by atoms with Crippen LogP contribution in [0.15, 0.2) is 18.2 Å². The molecule has 0 amide bonds. The highest BCUT2D eigenvalue weighted by Gasteiger charge is 2.37. The first kappa shape index (κ1) is 16.9. The van der Waals surface area contributed by atoms with Crippen LogP contribution >= 0.6 is 0 Å². The maximum atomic E-state index is 13.2. The molecular formula is C13H17F4NO2. The van der Waals surface area contributed by atoms with Gasteiger partial charge < -0.3 is 15.6 Å². The molecule has 0 aliphatic carbocycles. The Bertz CT molecular complexity index is 450. The molecule has 1 aromatic carbocycles. The molecule has 0 saturated carbocycles. The molecule has 0 aromatic heterocycles. The lowest BCUT2D eigenvalue weighted by Gasteiger charge is -2.28. The van der Waals surface area contributed by atoms with Gasteiger partial charge in [0.1, 0.15) is 11.4 Å². The van der Waals surface area contributed by atoms with Crippen molar-refractivity contribution in [2.75, 3.05) is 20.3 Å². The van der Waals surface area contributed by atoms with E-state index in [1.807, 2.05) is 0 Å². The van der Waals surface area contributed by atoms with Crippen molar-refractivity contribution in [3.8, 4) is 0 Å². The van der Waals surface area contributed by atoms with Gasteiger partial charge >= 0.3 is 6.18 Å². The quantitative estimate of drug-likeness (QED) is 0.792. The molecule has 114 valence electrons. The van der Waals surface area contributed by atoms with Crippen LogP contribution in [0, 0.1) is 5.82 Å². The smallest absolute Gasteiger partial charge is 0.383 e. The number of hydrogen-bond acceptors (Lipinski definition) is 3. The van der Waals surface area contributed by atoms with Gasteiger partial charge in [0, 0.05) is 7.11 Å². The van der Waals surface area contributed by atoms with Crippen molar-refractivity contribution in [3.05, 3.63) is 35.1 Å². The Morgan fingerprint density at radius 1 is 1.30 bits per heavy atom. The molecule has 0 heterocycles. The Hall–Kier alpha value is -1.18. The van der Waals surface area contributed by atoms with Gasteiger partial charge in [-0.1, -0.05) is 6.07 Å². The van der Waals surface area contributed by atoms with Gasteiger partial charge in [-0.15, -0.1) is 0 Å². The first-order chi connectivity index (χ1) is 9.24. The van der Waals surface area contributed by atoms with Gasteiger partial charge in [-0.3, -0.25) is 0 Å². The highest BCUT2D eigenvalue weighted by Crippen LogP contribution is 2.35. The van der Waals surface area contributed by atoms with E-state index in [9.17, 15) is 22.7 Å². The molecule has 0 aliphatic heterocycles. The molecular weight excluding hydrogens is 278 g/mol. The minimum Gasteiger partial charge on any atom is -0.383 e. The van der Waals surface area contributed by atoms with Crippen LogP contribution < -0.4 is 5.73 Å². The fourth-order valence-electron chi connectivity index (χ4n) is 1.97. The summed E-state index contributed by atoms with van der Waals surface area (Å²) < 4.78 is 56.1. The van der Waals surface area contributed by atoms with Gasteiger partial charge in [-0.2, -0.15) is 13.2 Å². The zero-order valence-corrected chi connectivity index (χ0v) is 11.0. The molecule has 0 spiro atoms. The van der Waals surface area contributed by atoms with Crippen LogP contribution in [-0.4, -0.2) is 25.4 Å². The van der Waals surface area contributed by atoms with Gasteiger partial charge in [0.05, 0.1) is 12.2 Å². The van der Waals surface area contributed by atoms with Crippen LogP contribution in [0.25, 0.3) is 0 Å². The first-order valence-corrected chi connectivity index (χ1v) is 6.03. The van der Waals surface area contributed by atoms with Gasteiger partial charge in [-0.25, -0.2) is 4.39 Å². The number of halogens is 4. The van der Waals surface area contributed by atoms with Gasteiger partial charge in [0.15, 0.2) is 0 Å². The number of hydrogen-bond donors (Lipinski definition) is 2. The van der Waals surface area contributed by atoms with Crippen molar-refractivity contribution in [1.82, 2.24) is 0 Å². The number of benzene rings is 1. The topological polar surface area (TPSA) is 55.5 Å². The largest absolute Gasteiger partial charge is 0.419 e. The molecule has 1 atom stereocenters. The fraction of sp³-hybridized carbons (Fsp3) is 0.538. The van der Waals surface area contributed by atoms with Gasteiger partial charge in [0.2, 0.25) is 0 Å². The normalized spacial score (nSPS) is 15.2. The number of rotatable bonds is 6. The summed E-state index contributed by atoms with van der Waals surface area (Å²) in [4.78, 5) is 0. The monoisotopic (exact) mass is 295 g/mol. The number of ether oxygens (including phenoxy) is 1. The SMILES string of the molecule is COCC(O)(CCCN)c1ccc(F)c(C(F)(F)F)c1. The Kier molecular flexibility index (Phi) is 5.50. The van der Waals surface area contributed by atoms with Crippen molar-refractivity contribution < 1.29 is 27.4 Å². The molecule has 1 unspecified atom stereocenters. The van der Waals surface area contributed by atoms with Crippen molar-refractivity contribution in [2.24, 2.45) is 5.73 Å². The summed E-state index contributed by atoms with van der Waals surface area (Å²) in [6, 6.07) is 2.44. The minimum absolute atomic E-state index is 0.0403. The van der Waals surface area contributed by atoms with Crippen LogP contribution in [0.3, 0.4) is 0 Å². The third-order valence-corrected chi connectivity index (χ3v) is 2.99. The van der Waals surface area contributed by atoms with E-state index < -0.39 is 23.2 Å². The lowest BCUT2D eigenvalue weighted by atomic mass is 9.88. The summed E-state index contributed by atoms with van der Waals surface area (Å²) in [5, 5.41) is 10.4. The third-order valence-electron chi connectivity index (χ3n) is 2.99. The number of nitrogens with two attached hydrogens (primary N) is 1. The van der Waals surface area contributed by atoms with Crippen LogP contribution in [0.1, 0.15) is 24.0 Å². The Morgan fingerprint density at radius 2 is 1.95 bits per heavy atom. The van der Waals surface area contributed by atoms with E-state index in [2.05, 4.69) is 0 Å². The van der Waals surface area contributed by atoms with Crippen LogP contribution in [0.2, 0.25) is 0 Å². The molecule has 0 aliphatic rings. The summed E-state index contributed by atoms with van der Waals surface area (Å²) in [5.41, 5.74) is 2.27. The maximum absolute atomic E-state index is 13.2. The van der Waals surface area contributed by atoms with Crippen molar-refractivity contribution in [1.29, 1.82) is 0 Å². The van der Waals surface area contributed by atoms with E-state index in [0.29, 0.717) is 18.6 Å². The van der Waals surface area contributed by atoms with Crippen molar-refractivity contribution in [3.63, 3.8) is 0 Å². The van der Waals surface area contributed by atoms with Gasteiger partial charge in [0.25, 0.3) is 0 Å². The number of alkyl halides is 3. The maximum Gasteiger partial charge on any atom is 0.419 e. The summed E-state index contributed by atoms with van der Waals surface area (Å²) in [6.07, 6.45) is -4.29. The zero-order valence-electron chi connectivity index (χ0n) is 11.0. The molecule has 0 saturated heterocycles. The molecule has 20 heavy (non-hydrogen) atoms. The summed E-state index contributed by atoms with van der Waals surface area (Å²) in [6.45, 7) is 0.0786. The first-order valence-electron chi connectivity index (χ1n) is 6.03. The van der Waals surface area contributed by atoms with E-state index in [-0.39, 0.29) is 25.1 Å². The summed E-state index contributed by atoms with van der Waals surface area (Å²) in [7, 11) is 1.32. The second kappa shape index (κ2) is 6.51. The van der Waals surface area contributed by atoms with Crippen LogP contribution in [-0.2, 0) is 16.5 Å². The minimum atomic E-state index is -4.82. The summed E-state index contributed by atoms with van der Waals surface area (Å²) >= 11 is 0. The number of aliphatic hydroxyl groups is 1. The molecule has 7 heteroatoms. The fourth-order valence-corrected chi connectivity index (χ4v) is 1.97. The molecule has 0 radical (unpaired) electrons. The van der Waals surface area contributed by atoms with Gasteiger partial charge in [-0.05, 0) is 37.1 Å². The van der Waals surface area contributed by atoms with Crippen molar-refractivity contribution in [2.45, 2.75) is 24.6 Å². The summed E-state index contributed by atoms with van der Waals surface area (Å²) in [5.74, 6) is -1.38. The molecule has 0 bridgehead atoms. The van der Waals surface area contributed by atoms with E-state index in [1.165, 1.54) is 7.11 Å². The van der Waals surface area contributed by atoms with Crippen LogP contribution in [0.4, 0.5) is 17.6 Å². The third kappa shape index (κ3) is 3.91. The van der Waals surface area contributed by atoms with E-state index in [4.69, 9.17) is 10.5 Å². The highest BCUT2D eigenvalue weighted by atomic mass is 19.4. The van der Waals surface area contributed by atoms with Crippen molar-refractivity contribution >= 4 is 0 Å². The average molecular weight is 295 g/mol. The second-order valence-electron chi connectivity index (χ2n) is 4.55. The van der Waals surface area contributed by atoms with E-state index in [0.717, 1.165) is 6.07 Å². The standard InChI is InChI=1S/C13H17F4NO2/c1-20-8-12(19,5-2-6-18)9-3-4-11(14)10(7-9)13(15,16)17/h3-4,7,19H,2,5-6,8,18H2,1H3. The molecule has 0 fully saturated rings. The molecule has 3 N–H and O–H groups in total. The Labute approximate surface area is 114 Å². The predicted molar refractivity (Wildman–Crippen MR) is 65.5 cm³/mol. The highest BCUT2D eigenvalue weighted by molar-refractivity contribution is 5.31. The molecule has 1 rings (SSSR count). The van der Waals surface area contributed by atoms with E-state index in [1.54, 1.807) is 0 Å². The van der Waals surface area contributed by atoms with E-state index >= 15 is 0 Å². The lowest BCUT2D eigenvalue weighted by molar-refractivity contribution is -0.140. The predicted octanol–water partition coefficient (Wildman–Crippen LogP) is 2.42. The number of methoxy groups -OCH3 is 1. The van der Waals surface area contributed by atoms with Crippen LogP contribution in [0.5, 0.6) is 0 Å².